The molecule has 0 saturated heterocycles. The predicted octanol–water partition coefficient (Wildman–Crippen LogP) is 7.04. The van der Waals surface area contributed by atoms with Crippen LogP contribution in [-0.4, -0.2) is 28.4 Å². The van der Waals surface area contributed by atoms with Gasteiger partial charge in [-0.25, -0.2) is 4.98 Å². The summed E-state index contributed by atoms with van der Waals surface area (Å²) in [5.41, 5.74) is 3.17. The SMILES string of the molecule is C=C1CC=C2C(=CC1OCc1cccc(-c3cnc(OCCC(C)(C)O)cc3C(F)(F)F)c1)CC1CC21. The summed E-state index contributed by atoms with van der Waals surface area (Å²) < 4.78 is 53.5. The largest absolute Gasteiger partial charge is 0.478 e. The molecule has 2 aromatic rings. The molecule has 4 nitrogen and oxygen atoms in total. The molecule has 1 N–H and O–H groups in total. The van der Waals surface area contributed by atoms with Crippen LogP contribution in [0, 0.1) is 11.8 Å². The van der Waals surface area contributed by atoms with E-state index in [1.807, 2.05) is 6.07 Å². The Bertz CT molecular complexity index is 1260. The van der Waals surface area contributed by atoms with E-state index in [1.165, 1.54) is 23.8 Å². The number of rotatable bonds is 8. The number of allylic oxidation sites excluding steroid dienone is 3. The number of nitrogens with zero attached hydrogens (tertiary/aromatic N) is 1. The fourth-order valence-corrected chi connectivity index (χ4v) is 5.16. The average molecular weight is 512 g/mol. The minimum atomic E-state index is -4.59. The van der Waals surface area contributed by atoms with Crippen LogP contribution < -0.4 is 4.74 Å². The molecule has 0 amide bonds. The van der Waals surface area contributed by atoms with Crippen LogP contribution in [0.4, 0.5) is 13.2 Å². The van der Waals surface area contributed by atoms with Crippen LogP contribution >= 0.6 is 0 Å². The number of ether oxygens (including phenoxy) is 2. The maximum atomic E-state index is 14.0. The van der Waals surface area contributed by atoms with Crippen molar-refractivity contribution in [3.8, 4) is 17.0 Å². The number of fused-ring (bicyclic) bond motifs is 3. The summed E-state index contributed by atoms with van der Waals surface area (Å²) in [6.45, 7) is 7.74. The molecule has 7 heteroatoms. The van der Waals surface area contributed by atoms with Gasteiger partial charge in [-0.2, -0.15) is 13.2 Å². The van der Waals surface area contributed by atoms with Gasteiger partial charge in [0.1, 0.15) is 0 Å². The van der Waals surface area contributed by atoms with Gasteiger partial charge in [0.2, 0.25) is 5.88 Å². The topological polar surface area (TPSA) is 51.6 Å². The Balaban J connectivity index is 1.31. The fourth-order valence-electron chi connectivity index (χ4n) is 5.16. The smallest absolute Gasteiger partial charge is 0.417 e. The number of hydrogen-bond acceptors (Lipinski definition) is 4. The van der Waals surface area contributed by atoms with Gasteiger partial charge in [0, 0.05) is 24.2 Å². The lowest BCUT2D eigenvalue weighted by Gasteiger charge is -2.18. The van der Waals surface area contributed by atoms with Crippen molar-refractivity contribution >= 4 is 0 Å². The van der Waals surface area contributed by atoms with Crippen LogP contribution in [0.2, 0.25) is 0 Å². The van der Waals surface area contributed by atoms with Gasteiger partial charge in [-0.05, 0) is 84.9 Å². The van der Waals surface area contributed by atoms with Crippen LogP contribution in [0.15, 0.2) is 72.0 Å². The summed E-state index contributed by atoms with van der Waals surface area (Å²) in [6, 6.07) is 7.84. The number of alkyl halides is 3. The molecule has 196 valence electrons. The maximum absolute atomic E-state index is 14.0. The number of pyridine rings is 1. The molecule has 2 fully saturated rings. The van der Waals surface area contributed by atoms with Gasteiger partial charge < -0.3 is 14.6 Å². The normalized spacial score (nSPS) is 23.1. The quantitative estimate of drug-likeness (QED) is 0.386. The molecule has 1 aromatic carbocycles. The van der Waals surface area contributed by atoms with Gasteiger partial charge in [-0.3, -0.25) is 0 Å². The summed E-state index contributed by atoms with van der Waals surface area (Å²) in [5, 5.41) is 9.80. The first-order chi connectivity index (χ1) is 17.5. The van der Waals surface area contributed by atoms with Crippen molar-refractivity contribution in [2.75, 3.05) is 6.61 Å². The number of benzene rings is 1. The summed E-state index contributed by atoms with van der Waals surface area (Å²) in [4.78, 5) is 4.10. The van der Waals surface area contributed by atoms with E-state index in [0.29, 0.717) is 11.5 Å². The van der Waals surface area contributed by atoms with E-state index in [0.717, 1.165) is 36.0 Å². The first kappa shape index (κ1) is 25.7. The third-order valence-electron chi connectivity index (χ3n) is 7.33. The number of aliphatic hydroxyl groups is 1. The Labute approximate surface area is 215 Å². The van der Waals surface area contributed by atoms with Crippen molar-refractivity contribution in [1.82, 2.24) is 4.98 Å². The van der Waals surface area contributed by atoms with Gasteiger partial charge in [0.15, 0.2) is 0 Å². The minimum Gasteiger partial charge on any atom is -0.478 e. The van der Waals surface area contributed by atoms with Crippen LogP contribution in [0.25, 0.3) is 11.1 Å². The molecule has 3 unspecified atom stereocenters. The second-order valence-electron chi connectivity index (χ2n) is 10.9. The monoisotopic (exact) mass is 511 g/mol. The van der Waals surface area contributed by atoms with E-state index >= 15 is 0 Å². The molecule has 2 saturated carbocycles. The van der Waals surface area contributed by atoms with Gasteiger partial charge in [0.25, 0.3) is 0 Å². The van der Waals surface area contributed by atoms with Gasteiger partial charge in [-0.15, -0.1) is 0 Å². The van der Waals surface area contributed by atoms with Crippen molar-refractivity contribution in [2.24, 2.45) is 11.8 Å². The average Bonchev–Trinajstić information content (AvgIpc) is 3.54. The van der Waals surface area contributed by atoms with Crippen molar-refractivity contribution < 1.29 is 27.8 Å². The molecule has 0 aliphatic heterocycles. The summed E-state index contributed by atoms with van der Waals surface area (Å²) in [7, 11) is 0. The zero-order valence-corrected chi connectivity index (χ0v) is 21.1. The fraction of sp³-hybridized carbons (Fsp3) is 0.433. The van der Waals surface area contributed by atoms with Crippen LogP contribution in [-0.2, 0) is 17.5 Å². The van der Waals surface area contributed by atoms with Crippen molar-refractivity contribution in [1.29, 1.82) is 0 Å². The highest BCUT2D eigenvalue weighted by molar-refractivity contribution is 5.68. The van der Waals surface area contributed by atoms with Gasteiger partial charge >= 0.3 is 6.18 Å². The van der Waals surface area contributed by atoms with E-state index in [2.05, 4.69) is 23.7 Å². The van der Waals surface area contributed by atoms with Crippen LogP contribution in [0.5, 0.6) is 5.88 Å². The molecule has 0 spiro atoms. The summed E-state index contributed by atoms with van der Waals surface area (Å²) in [5.74, 6) is 1.37. The lowest BCUT2D eigenvalue weighted by atomic mass is 9.99. The highest BCUT2D eigenvalue weighted by Crippen LogP contribution is 2.58. The molecule has 3 atom stereocenters. The summed E-state index contributed by atoms with van der Waals surface area (Å²) >= 11 is 0. The Morgan fingerprint density at radius 3 is 2.76 bits per heavy atom. The lowest BCUT2D eigenvalue weighted by molar-refractivity contribution is -0.137. The molecule has 0 radical (unpaired) electrons. The zero-order chi connectivity index (χ0) is 26.4. The van der Waals surface area contributed by atoms with E-state index < -0.39 is 17.3 Å². The molecule has 3 aliphatic carbocycles. The Hall–Kier alpha value is -2.90. The Morgan fingerprint density at radius 2 is 2.00 bits per heavy atom. The van der Waals surface area contributed by atoms with Crippen molar-refractivity contribution in [2.45, 2.75) is 64.0 Å². The highest BCUT2D eigenvalue weighted by atomic mass is 19.4. The van der Waals surface area contributed by atoms with Gasteiger partial charge in [0.05, 0.1) is 30.5 Å². The third kappa shape index (κ3) is 5.99. The van der Waals surface area contributed by atoms with Crippen LogP contribution in [0.1, 0.15) is 50.7 Å². The Morgan fingerprint density at radius 1 is 1.19 bits per heavy atom. The first-order valence-electron chi connectivity index (χ1n) is 12.7. The maximum Gasteiger partial charge on any atom is 0.417 e. The van der Waals surface area contributed by atoms with Crippen molar-refractivity contribution in [3.05, 3.63) is 83.1 Å². The number of aromatic nitrogens is 1. The van der Waals surface area contributed by atoms with Crippen molar-refractivity contribution in [3.63, 3.8) is 0 Å². The van der Waals surface area contributed by atoms with E-state index in [1.54, 1.807) is 32.0 Å². The molecular weight excluding hydrogens is 479 g/mol. The second kappa shape index (κ2) is 9.76. The zero-order valence-electron chi connectivity index (χ0n) is 21.1. The first-order valence-corrected chi connectivity index (χ1v) is 12.7. The molecular formula is C30H32F3NO3. The predicted molar refractivity (Wildman–Crippen MR) is 136 cm³/mol. The standard InChI is InChI=1S/C30H32F3NO3/c1-18-7-8-23-22(12-21-13-24(21)23)14-27(18)37-17-19-5-4-6-20(11-19)25-16-34-28(15-26(25)30(31,32)33)36-10-9-29(2,3)35/h4-6,8,11,14-16,21,24,27,35H,1,7,9-10,12-13,17H2,2-3H3. The molecule has 3 aliphatic rings. The van der Waals surface area contributed by atoms with Gasteiger partial charge in [-0.1, -0.05) is 30.9 Å². The number of halogens is 3. The van der Waals surface area contributed by atoms with E-state index in [9.17, 15) is 18.3 Å². The molecule has 1 aromatic heterocycles. The van der Waals surface area contributed by atoms with Crippen LogP contribution in [0.3, 0.4) is 0 Å². The molecule has 1 heterocycles. The molecule has 0 bridgehead atoms. The molecule has 37 heavy (non-hydrogen) atoms. The number of hydrogen-bond donors (Lipinski definition) is 1. The second-order valence-corrected chi connectivity index (χ2v) is 10.9. The third-order valence-corrected chi connectivity index (χ3v) is 7.33. The van der Waals surface area contributed by atoms with E-state index in [4.69, 9.17) is 9.47 Å². The Kier molecular flexibility index (Phi) is 6.79. The molecule has 5 rings (SSSR count). The minimum absolute atomic E-state index is 0.0239. The van der Waals surface area contributed by atoms with E-state index in [-0.39, 0.29) is 37.2 Å². The lowest BCUT2D eigenvalue weighted by Crippen LogP contribution is -2.22. The highest BCUT2D eigenvalue weighted by Gasteiger charge is 2.47. The summed E-state index contributed by atoms with van der Waals surface area (Å²) in [6.07, 6.45) is 4.31.